The number of amides is 1. The van der Waals surface area contributed by atoms with Crippen LogP contribution in [0.25, 0.3) is 0 Å². The molecule has 0 bridgehead atoms. The summed E-state index contributed by atoms with van der Waals surface area (Å²) in [5.74, 6) is 0.447. The minimum absolute atomic E-state index is 0.235. The van der Waals surface area contributed by atoms with Crippen LogP contribution in [0.2, 0.25) is 0 Å². The summed E-state index contributed by atoms with van der Waals surface area (Å²) in [4.78, 5) is 11.4. The molecule has 0 saturated heterocycles. The molecule has 17 heavy (non-hydrogen) atoms. The lowest BCUT2D eigenvalue weighted by molar-refractivity contribution is -0.115. The molecule has 1 atom stereocenters. The molecule has 94 valence electrons. The quantitative estimate of drug-likeness (QED) is 0.628. The van der Waals surface area contributed by atoms with E-state index in [1.807, 2.05) is 6.07 Å². The molecular weight excluding hydrogens is 242 g/mol. The van der Waals surface area contributed by atoms with Crippen LogP contribution in [0.1, 0.15) is 6.92 Å². The Morgan fingerprint density at radius 3 is 2.88 bits per heavy atom. The second-order valence-electron chi connectivity index (χ2n) is 3.47. The molecule has 0 heterocycles. The second kappa shape index (κ2) is 7.14. The highest BCUT2D eigenvalue weighted by molar-refractivity contribution is 6.32. The van der Waals surface area contributed by atoms with E-state index < -0.39 is 5.38 Å². The van der Waals surface area contributed by atoms with Gasteiger partial charge in [-0.1, -0.05) is 6.07 Å². The summed E-state index contributed by atoms with van der Waals surface area (Å²) >= 11 is 5.66. The molecule has 0 spiro atoms. The Morgan fingerprint density at radius 1 is 1.47 bits per heavy atom. The number of hydrogen-bond acceptors (Lipinski definition) is 3. The molecular formula is C12H16ClNO3. The zero-order valence-electron chi connectivity index (χ0n) is 9.90. The molecule has 0 saturated carbocycles. The molecule has 1 N–H and O–H groups in total. The molecule has 0 fully saturated rings. The molecule has 1 rings (SSSR count). The topological polar surface area (TPSA) is 47.6 Å². The van der Waals surface area contributed by atoms with E-state index in [9.17, 15) is 4.79 Å². The lowest BCUT2D eigenvalue weighted by Gasteiger charge is -2.09. The van der Waals surface area contributed by atoms with Crippen molar-refractivity contribution in [2.75, 3.05) is 25.6 Å². The van der Waals surface area contributed by atoms with Gasteiger partial charge in [-0.3, -0.25) is 4.79 Å². The first-order chi connectivity index (χ1) is 8.13. The summed E-state index contributed by atoms with van der Waals surface area (Å²) < 4.78 is 10.3. The number of alkyl halides is 1. The molecule has 1 unspecified atom stereocenters. The van der Waals surface area contributed by atoms with Gasteiger partial charge in [0.15, 0.2) is 0 Å². The highest BCUT2D eigenvalue weighted by Gasteiger charge is 2.09. The first-order valence-corrected chi connectivity index (χ1v) is 5.74. The van der Waals surface area contributed by atoms with Gasteiger partial charge >= 0.3 is 0 Å². The Morgan fingerprint density at radius 2 is 2.24 bits per heavy atom. The van der Waals surface area contributed by atoms with Crippen molar-refractivity contribution in [3.63, 3.8) is 0 Å². The smallest absolute Gasteiger partial charge is 0.242 e. The van der Waals surface area contributed by atoms with Gasteiger partial charge in [0.2, 0.25) is 5.91 Å². The van der Waals surface area contributed by atoms with Gasteiger partial charge in [0.05, 0.1) is 6.61 Å². The molecule has 1 aromatic carbocycles. The van der Waals surface area contributed by atoms with Crippen LogP contribution in [0.3, 0.4) is 0 Å². The van der Waals surface area contributed by atoms with Gasteiger partial charge in [-0.15, -0.1) is 11.6 Å². The Hall–Kier alpha value is -1.26. The summed E-state index contributed by atoms with van der Waals surface area (Å²) in [5, 5.41) is 2.13. The van der Waals surface area contributed by atoms with Crippen molar-refractivity contribution in [2.45, 2.75) is 12.3 Å². The van der Waals surface area contributed by atoms with Crippen molar-refractivity contribution >= 4 is 23.2 Å². The summed E-state index contributed by atoms with van der Waals surface area (Å²) in [6.45, 7) is 2.62. The Bertz CT molecular complexity index is 369. The van der Waals surface area contributed by atoms with E-state index in [0.29, 0.717) is 24.7 Å². The highest BCUT2D eigenvalue weighted by Crippen LogP contribution is 2.17. The number of anilines is 1. The fourth-order valence-corrected chi connectivity index (χ4v) is 1.20. The third-order valence-corrected chi connectivity index (χ3v) is 2.22. The van der Waals surface area contributed by atoms with Crippen molar-refractivity contribution in [1.82, 2.24) is 0 Å². The predicted octanol–water partition coefficient (Wildman–Crippen LogP) is 2.28. The van der Waals surface area contributed by atoms with Crippen LogP contribution in [-0.4, -0.2) is 31.6 Å². The van der Waals surface area contributed by atoms with E-state index >= 15 is 0 Å². The van der Waals surface area contributed by atoms with Crippen molar-refractivity contribution in [3.8, 4) is 5.75 Å². The fourth-order valence-electron chi connectivity index (χ4n) is 1.15. The summed E-state index contributed by atoms with van der Waals surface area (Å²) in [6, 6.07) is 7.14. The minimum Gasteiger partial charge on any atom is -0.491 e. The van der Waals surface area contributed by atoms with Crippen molar-refractivity contribution in [2.24, 2.45) is 0 Å². The molecule has 5 heteroatoms. The second-order valence-corrected chi connectivity index (χ2v) is 4.13. The maximum Gasteiger partial charge on any atom is 0.242 e. The van der Waals surface area contributed by atoms with Gasteiger partial charge in [0, 0.05) is 18.9 Å². The predicted molar refractivity (Wildman–Crippen MR) is 67.8 cm³/mol. The largest absolute Gasteiger partial charge is 0.491 e. The molecule has 0 aliphatic rings. The van der Waals surface area contributed by atoms with Crippen LogP contribution in [0, 0.1) is 0 Å². The molecule has 0 aliphatic carbocycles. The van der Waals surface area contributed by atoms with Crippen molar-refractivity contribution < 1.29 is 14.3 Å². The number of hydrogen-bond donors (Lipinski definition) is 1. The molecule has 0 aliphatic heterocycles. The number of ether oxygens (including phenoxy) is 2. The number of carbonyl (C=O) groups is 1. The molecule has 4 nitrogen and oxygen atoms in total. The molecule has 1 aromatic rings. The Kier molecular flexibility index (Phi) is 5.80. The minimum atomic E-state index is -0.562. The fraction of sp³-hybridized carbons (Fsp3) is 0.417. The van der Waals surface area contributed by atoms with E-state index in [2.05, 4.69) is 5.32 Å². The average Bonchev–Trinajstić information content (AvgIpc) is 2.30. The van der Waals surface area contributed by atoms with Crippen LogP contribution in [0.15, 0.2) is 24.3 Å². The third-order valence-electron chi connectivity index (χ3n) is 2.02. The molecule has 0 radical (unpaired) electrons. The number of nitrogens with one attached hydrogen (secondary N) is 1. The lowest BCUT2D eigenvalue weighted by Crippen LogP contribution is -2.20. The van der Waals surface area contributed by atoms with Crippen LogP contribution in [-0.2, 0) is 9.53 Å². The first kappa shape index (κ1) is 13.8. The summed E-state index contributed by atoms with van der Waals surface area (Å²) in [7, 11) is 1.61. The van der Waals surface area contributed by atoms with Gasteiger partial charge < -0.3 is 14.8 Å². The van der Waals surface area contributed by atoms with Gasteiger partial charge in [-0.25, -0.2) is 0 Å². The molecule has 1 amide bonds. The maximum atomic E-state index is 11.4. The van der Waals surface area contributed by atoms with E-state index in [1.165, 1.54) is 0 Å². The van der Waals surface area contributed by atoms with Crippen LogP contribution in [0.5, 0.6) is 5.75 Å². The van der Waals surface area contributed by atoms with Gasteiger partial charge in [-0.05, 0) is 19.1 Å². The van der Waals surface area contributed by atoms with E-state index in [1.54, 1.807) is 32.2 Å². The maximum absolute atomic E-state index is 11.4. The lowest BCUT2D eigenvalue weighted by atomic mass is 10.3. The first-order valence-electron chi connectivity index (χ1n) is 5.30. The molecule has 0 aromatic heterocycles. The van der Waals surface area contributed by atoms with Crippen molar-refractivity contribution in [3.05, 3.63) is 24.3 Å². The number of rotatable bonds is 6. The highest BCUT2D eigenvalue weighted by atomic mass is 35.5. The zero-order chi connectivity index (χ0) is 12.7. The third kappa shape index (κ3) is 5.06. The Balaban J connectivity index is 2.56. The normalized spacial score (nSPS) is 11.9. The van der Waals surface area contributed by atoms with Crippen LogP contribution >= 0.6 is 11.6 Å². The number of benzene rings is 1. The van der Waals surface area contributed by atoms with Gasteiger partial charge in [0.1, 0.15) is 17.7 Å². The number of halogens is 1. The zero-order valence-corrected chi connectivity index (χ0v) is 10.7. The standard InChI is InChI=1S/C12H16ClNO3/c1-9(13)12(15)14-10-4-3-5-11(8-10)17-7-6-16-2/h3-5,8-9H,6-7H2,1-2H3,(H,14,15). The Labute approximate surface area is 106 Å². The van der Waals surface area contributed by atoms with E-state index in [-0.39, 0.29) is 5.91 Å². The van der Waals surface area contributed by atoms with Crippen LogP contribution < -0.4 is 10.1 Å². The van der Waals surface area contributed by atoms with E-state index in [0.717, 1.165) is 0 Å². The number of carbonyl (C=O) groups excluding carboxylic acids is 1. The van der Waals surface area contributed by atoms with Gasteiger partial charge in [-0.2, -0.15) is 0 Å². The number of methoxy groups -OCH3 is 1. The monoisotopic (exact) mass is 257 g/mol. The average molecular weight is 258 g/mol. The van der Waals surface area contributed by atoms with Crippen molar-refractivity contribution in [1.29, 1.82) is 0 Å². The SMILES string of the molecule is COCCOc1cccc(NC(=O)C(C)Cl)c1. The summed E-state index contributed by atoms with van der Waals surface area (Å²) in [5.41, 5.74) is 0.664. The summed E-state index contributed by atoms with van der Waals surface area (Å²) in [6.07, 6.45) is 0. The van der Waals surface area contributed by atoms with E-state index in [4.69, 9.17) is 21.1 Å². The van der Waals surface area contributed by atoms with Crippen LogP contribution in [0.4, 0.5) is 5.69 Å². The van der Waals surface area contributed by atoms with Gasteiger partial charge in [0.25, 0.3) is 0 Å².